The highest BCUT2D eigenvalue weighted by molar-refractivity contribution is 5.96. The van der Waals surface area contributed by atoms with Gasteiger partial charge >= 0.3 is 0 Å². The summed E-state index contributed by atoms with van der Waals surface area (Å²) in [5, 5.41) is 11.8. The highest BCUT2D eigenvalue weighted by Gasteiger charge is 2.18. The minimum Gasteiger partial charge on any atom is -0.352 e. The van der Waals surface area contributed by atoms with E-state index in [0.717, 1.165) is 5.56 Å². The predicted octanol–water partition coefficient (Wildman–Crippen LogP) is 2.48. The number of carbonyl (C=O) groups excluding carboxylic acids is 1. The monoisotopic (exact) mass is 381 g/mol. The van der Waals surface area contributed by atoms with Crippen LogP contribution < -0.4 is 16.4 Å². The first-order chi connectivity index (χ1) is 13.2. The van der Waals surface area contributed by atoms with Gasteiger partial charge in [-0.2, -0.15) is 0 Å². The minimum absolute atomic E-state index is 0.0762. The van der Waals surface area contributed by atoms with Gasteiger partial charge in [-0.15, -0.1) is 0 Å². The lowest BCUT2D eigenvalue weighted by molar-refractivity contribution is 0.0946. The fraction of sp³-hybridized carbons (Fsp3) is 0.429. The molecule has 0 aliphatic carbocycles. The summed E-state index contributed by atoms with van der Waals surface area (Å²) in [5.74, 6) is 0.177. The Balaban J connectivity index is 2.36. The van der Waals surface area contributed by atoms with Gasteiger partial charge in [0.25, 0.3) is 11.5 Å². The van der Waals surface area contributed by atoms with Gasteiger partial charge in [0.15, 0.2) is 0 Å². The van der Waals surface area contributed by atoms with E-state index >= 15 is 0 Å². The highest BCUT2D eigenvalue weighted by atomic mass is 16.1. The number of aryl methyl sites for hydroxylation is 1. The molecule has 0 unspecified atom stereocenters. The van der Waals surface area contributed by atoms with E-state index in [0.29, 0.717) is 35.7 Å². The molecular weight excluding hydrogens is 354 g/mol. The van der Waals surface area contributed by atoms with Crippen LogP contribution in [-0.2, 0) is 6.54 Å². The first-order valence-electron chi connectivity index (χ1n) is 9.59. The number of carbonyl (C=O) groups is 1. The van der Waals surface area contributed by atoms with Crippen LogP contribution in [0.15, 0.2) is 29.2 Å². The molecule has 2 N–H and O–H groups in total. The molecule has 0 radical (unpaired) electrons. The number of amides is 1. The van der Waals surface area contributed by atoms with Gasteiger partial charge in [-0.25, -0.2) is 4.98 Å². The van der Waals surface area contributed by atoms with Gasteiger partial charge in [0, 0.05) is 19.3 Å². The van der Waals surface area contributed by atoms with Crippen molar-refractivity contribution in [2.24, 2.45) is 11.8 Å². The quantitative estimate of drug-likeness (QED) is 0.665. The van der Waals surface area contributed by atoms with Crippen LogP contribution in [0.5, 0.6) is 0 Å². The van der Waals surface area contributed by atoms with Gasteiger partial charge in [-0.05, 0) is 36.5 Å². The molecule has 7 nitrogen and oxygen atoms in total. The van der Waals surface area contributed by atoms with Gasteiger partial charge in [-0.3, -0.25) is 19.4 Å². The van der Waals surface area contributed by atoms with Crippen molar-refractivity contribution in [2.45, 2.75) is 41.2 Å². The van der Waals surface area contributed by atoms with Gasteiger partial charge < -0.3 is 9.88 Å². The van der Waals surface area contributed by atoms with Gasteiger partial charge in [-0.1, -0.05) is 33.8 Å². The maximum Gasteiger partial charge on any atom is 0.267 e. The Morgan fingerprint density at radius 1 is 1.21 bits per heavy atom. The Hall–Kier alpha value is -2.96. The maximum absolute atomic E-state index is 13.1. The third-order valence-corrected chi connectivity index (χ3v) is 4.60. The standard InChI is InChI=1S/C21H27N5O2/c1-12(2)10-23-20(27)15-9-16-19(26(17(15)22)11-13(3)4)24-18-14(5)7-6-8-25(18)21(16)28/h6-9,12-13,22H,10-11H2,1-5H3,(H,23,27). The zero-order valence-electron chi connectivity index (χ0n) is 17.0. The normalized spacial score (nSPS) is 11.7. The zero-order valence-corrected chi connectivity index (χ0v) is 17.0. The molecular formula is C21H27N5O2. The molecule has 0 spiro atoms. The van der Waals surface area contributed by atoms with E-state index in [1.807, 2.05) is 40.7 Å². The summed E-state index contributed by atoms with van der Waals surface area (Å²) in [5.41, 5.74) is 1.92. The number of fused-ring (bicyclic) bond motifs is 2. The summed E-state index contributed by atoms with van der Waals surface area (Å²) in [6, 6.07) is 5.21. The molecule has 0 atom stereocenters. The molecule has 3 aromatic rings. The van der Waals surface area contributed by atoms with Crippen molar-refractivity contribution < 1.29 is 4.79 Å². The summed E-state index contributed by atoms with van der Waals surface area (Å²) >= 11 is 0. The van der Waals surface area contributed by atoms with Crippen LogP contribution in [-0.4, -0.2) is 26.4 Å². The number of pyridine rings is 2. The third kappa shape index (κ3) is 3.56. The molecule has 0 saturated carbocycles. The number of hydrogen-bond donors (Lipinski definition) is 2. The molecule has 3 rings (SSSR count). The third-order valence-electron chi connectivity index (χ3n) is 4.60. The van der Waals surface area contributed by atoms with E-state index in [4.69, 9.17) is 10.4 Å². The van der Waals surface area contributed by atoms with Crippen molar-refractivity contribution in [2.75, 3.05) is 6.54 Å². The Morgan fingerprint density at radius 2 is 1.93 bits per heavy atom. The molecule has 7 heteroatoms. The van der Waals surface area contributed by atoms with Gasteiger partial charge in [0.1, 0.15) is 16.8 Å². The lowest BCUT2D eigenvalue weighted by atomic mass is 10.1. The molecule has 0 bridgehead atoms. The Morgan fingerprint density at radius 3 is 2.57 bits per heavy atom. The second kappa shape index (κ2) is 7.58. The van der Waals surface area contributed by atoms with E-state index in [2.05, 4.69) is 5.32 Å². The van der Waals surface area contributed by atoms with Crippen LogP contribution in [0.1, 0.15) is 43.6 Å². The van der Waals surface area contributed by atoms with Crippen molar-refractivity contribution in [1.82, 2.24) is 19.3 Å². The molecule has 0 fully saturated rings. The molecule has 148 valence electrons. The summed E-state index contributed by atoms with van der Waals surface area (Å²) in [6.07, 6.45) is 1.68. The summed E-state index contributed by atoms with van der Waals surface area (Å²) in [4.78, 5) is 30.6. The largest absolute Gasteiger partial charge is 0.352 e. The van der Waals surface area contributed by atoms with Crippen LogP contribution in [0, 0.1) is 24.2 Å². The summed E-state index contributed by atoms with van der Waals surface area (Å²) in [6.45, 7) is 11.0. The molecule has 0 saturated heterocycles. The van der Waals surface area contributed by atoms with Crippen LogP contribution in [0.25, 0.3) is 16.7 Å². The lowest BCUT2D eigenvalue weighted by Gasteiger charge is -2.17. The van der Waals surface area contributed by atoms with Gasteiger partial charge in [0.2, 0.25) is 0 Å². The van der Waals surface area contributed by atoms with E-state index in [9.17, 15) is 9.59 Å². The smallest absolute Gasteiger partial charge is 0.267 e. The fourth-order valence-electron chi connectivity index (χ4n) is 3.20. The number of aromatic nitrogens is 3. The second-order valence-electron chi connectivity index (χ2n) is 8.05. The molecule has 0 aliphatic heterocycles. The van der Waals surface area contributed by atoms with Crippen molar-refractivity contribution >= 4 is 22.6 Å². The van der Waals surface area contributed by atoms with Crippen molar-refractivity contribution in [3.8, 4) is 0 Å². The van der Waals surface area contributed by atoms with Gasteiger partial charge in [0.05, 0.1) is 10.9 Å². The molecule has 0 aromatic carbocycles. The first kappa shape index (κ1) is 19.8. The van der Waals surface area contributed by atoms with Crippen LogP contribution in [0.4, 0.5) is 0 Å². The molecule has 1 amide bonds. The fourth-order valence-corrected chi connectivity index (χ4v) is 3.20. The van der Waals surface area contributed by atoms with Crippen molar-refractivity contribution in [1.29, 1.82) is 5.41 Å². The predicted molar refractivity (Wildman–Crippen MR) is 110 cm³/mol. The minimum atomic E-state index is -0.341. The molecule has 3 heterocycles. The Bertz CT molecular complexity index is 1170. The van der Waals surface area contributed by atoms with E-state index in [-0.39, 0.29) is 28.4 Å². The Kier molecular flexibility index (Phi) is 5.36. The Labute approximate surface area is 163 Å². The lowest BCUT2D eigenvalue weighted by Crippen LogP contribution is -2.36. The van der Waals surface area contributed by atoms with Crippen LogP contribution >= 0.6 is 0 Å². The second-order valence-corrected chi connectivity index (χ2v) is 8.05. The first-order valence-corrected chi connectivity index (χ1v) is 9.59. The summed E-state index contributed by atoms with van der Waals surface area (Å²) < 4.78 is 3.18. The molecule has 3 aromatic heterocycles. The molecule has 28 heavy (non-hydrogen) atoms. The SMILES string of the molecule is Cc1cccn2c(=O)c3cc(C(=O)NCC(C)C)c(=N)n(CC(C)C)c3nc12. The van der Waals surface area contributed by atoms with Crippen molar-refractivity contribution in [3.63, 3.8) is 0 Å². The number of nitrogens with one attached hydrogen (secondary N) is 2. The zero-order chi connectivity index (χ0) is 20.6. The molecule has 0 aliphatic rings. The van der Waals surface area contributed by atoms with E-state index in [1.165, 1.54) is 10.5 Å². The average Bonchev–Trinajstić information content (AvgIpc) is 2.63. The summed E-state index contributed by atoms with van der Waals surface area (Å²) in [7, 11) is 0. The number of nitrogens with zero attached hydrogens (tertiary/aromatic N) is 3. The topological polar surface area (TPSA) is 92.3 Å². The number of rotatable bonds is 5. The highest BCUT2D eigenvalue weighted by Crippen LogP contribution is 2.14. The van der Waals surface area contributed by atoms with E-state index < -0.39 is 0 Å². The average molecular weight is 381 g/mol. The maximum atomic E-state index is 13.1. The van der Waals surface area contributed by atoms with Crippen molar-refractivity contribution in [3.05, 3.63) is 51.4 Å². The van der Waals surface area contributed by atoms with E-state index in [1.54, 1.807) is 16.8 Å². The number of hydrogen-bond acceptors (Lipinski definition) is 4. The van der Waals surface area contributed by atoms with Crippen LogP contribution in [0.3, 0.4) is 0 Å². The van der Waals surface area contributed by atoms with Crippen LogP contribution in [0.2, 0.25) is 0 Å².